The number of rotatable bonds is 5. The maximum absolute atomic E-state index is 12.2. The fourth-order valence-electron chi connectivity index (χ4n) is 2.73. The van der Waals surface area contributed by atoms with Gasteiger partial charge in [-0.2, -0.15) is 0 Å². The van der Waals surface area contributed by atoms with Crippen molar-refractivity contribution in [3.63, 3.8) is 0 Å². The molecule has 3 rings (SSSR count). The number of pyridine rings is 2. The number of hydrogen-bond donors (Lipinski definition) is 3. The second kappa shape index (κ2) is 6.25. The van der Waals surface area contributed by atoms with Gasteiger partial charge >= 0.3 is 0 Å². The van der Waals surface area contributed by atoms with Crippen molar-refractivity contribution in [1.82, 2.24) is 9.97 Å². The molecule has 2 aromatic rings. The first-order chi connectivity index (χ1) is 11.8. The van der Waals surface area contributed by atoms with E-state index in [9.17, 15) is 14.7 Å². The number of carbonyl (C=O) groups is 2. The van der Waals surface area contributed by atoms with Crippen molar-refractivity contribution in [3.05, 3.63) is 41.9 Å². The number of primary amides is 1. The SMILES string of the molecule is CC(C)(O)c1ccncc1-c1c(C(N)=O)ccnc1NC(=O)C1CC1. The Bertz CT molecular complexity index is 838. The van der Waals surface area contributed by atoms with Crippen LogP contribution in [0.3, 0.4) is 0 Å². The molecule has 1 fully saturated rings. The van der Waals surface area contributed by atoms with Gasteiger partial charge in [-0.1, -0.05) is 0 Å². The minimum absolute atomic E-state index is 0.0189. The highest BCUT2D eigenvalue weighted by Crippen LogP contribution is 2.37. The van der Waals surface area contributed by atoms with E-state index in [-0.39, 0.29) is 23.2 Å². The van der Waals surface area contributed by atoms with Gasteiger partial charge in [-0.3, -0.25) is 14.6 Å². The van der Waals surface area contributed by atoms with E-state index < -0.39 is 11.5 Å². The zero-order valence-electron chi connectivity index (χ0n) is 14.1. The number of amides is 2. The van der Waals surface area contributed by atoms with Gasteiger partial charge in [-0.15, -0.1) is 0 Å². The van der Waals surface area contributed by atoms with Crippen LogP contribution in [-0.4, -0.2) is 26.9 Å². The number of hydrogen-bond acceptors (Lipinski definition) is 5. The van der Waals surface area contributed by atoms with Crippen molar-refractivity contribution in [2.75, 3.05) is 5.32 Å². The summed E-state index contributed by atoms with van der Waals surface area (Å²) in [5.41, 5.74) is 5.98. The minimum Gasteiger partial charge on any atom is -0.386 e. The number of anilines is 1. The van der Waals surface area contributed by atoms with E-state index in [1.54, 1.807) is 26.1 Å². The van der Waals surface area contributed by atoms with Gasteiger partial charge in [0, 0.05) is 35.6 Å². The number of carbonyl (C=O) groups excluding carboxylic acids is 2. The molecule has 0 saturated heterocycles. The number of nitrogens with two attached hydrogens (primary N) is 1. The summed E-state index contributed by atoms with van der Waals surface area (Å²) >= 11 is 0. The minimum atomic E-state index is -1.18. The molecule has 0 unspecified atom stereocenters. The fraction of sp³-hybridized carbons (Fsp3) is 0.333. The van der Waals surface area contributed by atoms with Gasteiger partial charge in [0.2, 0.25) is 11.8 Å². The summed E-state index contributed by atoms with van der Waals surface area (Å²) in [7, 11) is 0. The van der Waals surface area contributed by atoms with Crippen LogP contribution in [0, 0.1) is 5.92 Å². The van der Waals surface area contributed by atoms with Gasteiger partial charge in [-0.25, -0.2) is 4.98 Å². The van der Waals surface area contributed by atoms with Crippen molar-refractivity contribution >= 4 is 17.6 Å². The summed E-state index contributed by atoms with van der Waals surface area (Å²) in [4.78, 5) is 32.5. The first-order valence-electron chi connectivity index (χ1n) is 8.06. The molecule has 0 aromatic carbocycles. The molecule has 4 N–H and O–H groups in total. The zero-order valence-corrected chi connectivity index (χ0v) is 14.1. The quantitative estimate of drug-likeness (QED) is 0.767. The van der Waals surface area contributed by atoms with E-state index >= 15 is 0 Å². The van der Waals surface area contributed by atoms with Crippen molar-refractivity contribution < 1.29 is 14.7 Å². The molecule has 1 aliphatic carbocycles. The van der Waals surface area contributed by atoms with Gasteiger partial charge in [0.15, 0.2) is 0 Å². The third-order valence-electron chi connectivity index (χ3n) is 4.16. The Labute approximate surface area is 145 Å². The molecular weight excluding hydrogens is 320 g/mol. The summed E-state index contributed by atoms with van der Waals surface area (Å²) in [5, 5.41) is 13.3. The first-order valence-corrected chi connectivity index (χ1v) is 8.06. The molecule has 2 aromatic heterocycles. The largest absolute Gasteiger partial charge is 0.386 e. The van der Waals surface area contributed by atoms with Crippen molar-refractivity contribution in [1.29, 1.82) is 0 Å². The van der Waals surface area contributed by atoms with Gasteiger partial charge in [0.05, 0.1) is 11.2 Å². The zero-order chi connectivity index (χ0) is 18.2. The lowest BCUT2D eigenvalue weighted by Crippen LogP contribution is -2.21. The van der Waals surface area contributed by atoms with Crippen LogP contribution in [0.2, 0.25) is 0 Å². The van der Waals surface area contributed by atoms with Crippen molar-refractivity contribution in [2.45, 2.75) is 32.3 Å². The molecule has 25 heavy (non-hydrogen) atoms. The molecule has 1 saturated carbocycles. The van der Waals surface area contributed by atoms with Gasteiger partial charge < -0.3 is 16.2 Å². The molecule has 7 heteroatoms. The van der Waals surface area contributed by atoms with E-state index in [4.69, 9.17) is 5.73 Å². The molecule has 1 aliphatic rings. The number of aliphatic hydroxyl groups is 1. The fourth-order valence-corrected chi connectivity index (χ4v) is 2.73. The Morgan fingerprint density at radius 1 is 1.28 bits per heavy atom. The van der Waals surface area contributed by atoms with Crippen LogP contribution in [-0.2, 0) is 10.4 Å². The highest BCUT2D eigenvalue weighted by Gasteiger charge is 2.31. The molecule has 0 atom stereocenters. The Hall–Kier alpha value is -2.80. The highest BCUT2D eigenvalue weighted by molar-refractivity contribution is 6.05. The van der Waals surface area contributed by atoms with Crippen LogP contribution >= 0.6 is 0 Å². The predicted molar refractivity (Wildman–Crippen MR) is 92.6 cm³/mol. The molecule has 0 spiro atoms. The predicted octanol–water partition coefficient (Wildman–Crippen LogP) is 1.82. The summed E-state index contributed by atoms with van der Waals surface area (Å²) in [5.74, 6) is -0.560. The van der Waals surface area contributed by atoms with E-state index in [1.807, 2.05) is 0 Å². The Morgan fingerprint density at radius 2 is 2.00 bits per heavy atom. The lowest BCUT2D eigenvalue weighted by Gasteiger charge is -2.23. The number of nitrogens with one attached hydrogen (secondary N) is 1. The Kier molecular flexibility index (Phi) is 4.26. The molecule has 2 amide bonds. The second-order valence-corrected chi connectivity index (χ2v) is 6.69. The Morgan fingerprint density at radius 3 is 2.60 bits per heavy atom. The maximum Gasteiger partial charge on any atom is 0.249 e. The van der Waals surface area contributed by atoms with Crippen molar-refractivity contribution in [2.24, 2.45) is 11.7 Å². The molecule has 0 radical (unpaired) electrons. The molecule has 130 valence electrons. The summed E-state index contributed by atoms with van der Waals surface area (Å²) in [6.07, 6.45) is 6.20. The van der Waals surface area contributed by atoms with Gasteiger partial charge in [0.1, 0.15) is 5.82 Å². The average Bonchev–Trinajstić information content (AvgIpc) is 3.38. The lowest BCUT2D eigenvalue weighted by molar-refractivity contribution is -0.117. The van der Waals surface area contributed by atoms with Crippen LogP contribution < -0.4 is 11.1 Å². The molecule has 0 aliphatic heterocycles. The van der Waals surface area contributed by atoms with Gasteiger partial charge in [0.25, 0.3) is 0 Å². The highest BCUT2D eigenvalue weighted by atomic mass is 16.3. The first kappa shape index (κ1) is 17.0. The summed E-state index contributed by atoms with van der Waals surface area (Å²) in [6, 6.07) is 3.16. The normalized spacial score (nSPS) is 14.2. The maximum atomic E-state index is 12.2. The third kappa shape index (κ3) is 3.51. The average molecular weight is 340 g/mol. The third-order valence-corrected chi connectivity index (χ3v) is 4.16. The second-order valence-electron chi connectivity index (χ2n) is 6.69. The van der Waals surface area contributed by atoms with Gasteiger partial charge in [-0.05, 0) is 44.4 Å². The van der Waals surface area contributed by atoms with Crippen LogP contribution in [0.5, 0.6) is 0 Å². The smallest absolute Gasteiger partial charge is 0.249 e. The topological polar surface area (TPSA) is 118 Å². The Balaban J connectivity index is 2.20. The van der Waals surface area contributed by atoms with Crippen molar-refractivity contribution in [3.8, 4) is 11.1 Å². The van der Waals surface area contributed by atoms with E-state index in [1.165, 1.54) is 18.5 Å². The molecule has 2 heterocycles. The lowest BCUT2D eigenvalue weighted by atomic mass is 9.89. The van der Waals surface area contributed by atoms with E-state index in [2.05, 4.69) is 15.3 Å². The summed E-state index contributed by atoms with van der Waals surface area (Å²) < 4.78 is 0. The monoisotopic (exact) mass is 340 g/mol. The molecule has 7 nitrogen and oxygen atoms in total. The van der Waals surface area contributed by atoms with Crippen LogP contribution in [0.25, 0.3) is 11.1 Å². The van der Waals surface area contributed by atoms with E-state index in [0.717, 1.165) is 12.8 Å². The van der Waals surface area contributed by atoms with Crippen LogP contribution in [0.4, 0.5) is 5.82 Å². The molecule has 0 bridgehead atoms. The summed E-state index contributed by atoms with van der Waals surface area (Å²) in [6.45, 7) is 3.27. The number of nitrogens with zero attached hydrogens (tertiary/aromatic N) is 2. The standard InChI is InChI=1S/C18H20N4O3/c1-18(2,25)13-6-7-20-9-12(13)14-11(15(19)23)5-8-21-16(14)22-17(24)10-3-4-10/h5-10,25H,3-4H2,1-2H3,(H2,19,23)(H,21,22,24). The number of aromatic nitrogens is 2. The van der Waals surface area contributed by atoms with E-state index in [0.29, 0.717) is 16.7 Å². The molecular formula is C18H20N4O3. The van der Waals surface area contributed by atoms with Crippen LogP contribution in [0.1, 0.15) is 42.6 Å². The van der Waals surface area contributed by atoms with Crippen LogP contribution in [0.15, 0.2) is 30.7 Å².